The molecule has 10 heteroatoms. The van der Waals surface area contributed by atoms with Gasteiger partial charge in [-0.2, -0.15) is 0 Å². The number of carbonyl (C=O) groups is 2. The van der Waals surface area contributed by atoms with Gasteiger partial charge in [0.05, 0.1) is 10.6 Å². The molecule has 3 aromatic carbocycles. The van der Waals surface area contributed by atoms with Crippen LogP contribution in [0.15, 0.2) is 82.2 Å². The van der Waals surface area contributed by atoms with Crippen LogP contribution in [0.2, 0.25) is 5.02 Å². The maximum atomic E-state index is 13.8. The monoisotopic (exact) mass is 619 g/mol. The minimum atomic E-state index is -4.11. The highest BCUT2D eigenvalue weighted by molar-refractivity contribution is 9.10. The minimum absolute atomic E-state index is 0.0609. The third-order valence-electron chi connectivity index (χ3n) is 5.84. The largest absolute Gasteiger partial charge is 0.352 e. The highest BCUT2D eigenvalue weighted by atomic mass is 79.9. The molecule has 38 heavy (non-hydrogen) atoms. The van der Waals surface area contributed by atoms with Crippen LogP contribution >= 0.6 is 27.5 Å². The van der Waals surface area contributed by atoms with Gasteiger partial charge in [0.1, 0.15) is 12.6 Å². The van der Waals surface area contributed by atoms with Crippen molar-refractivity contribution in [1.29, 1.82) is 0 Å². The average molecular weight is 621 g/mol. The minimum Gasteiger partial charge on any atom is -0.352 e. The van der Waals surface area contributed by atoms with Crippen LogP contribution in [0.5, 0.6) is 0 Å². The Labute approximate surface area is 238 Å². The van der Waals surface area contributed by atoms with Gasteiger partial charge in [0, 0.05) is 22.1 Å². The summed E-state index contributed by atoms with van der Waals surface area (Å²) in [7, 11) is -4.11. The standard InChI is InChI=1S/C28H31BrClN3O4S/c1-19(2)31-28(35)21(4)32(17-22-6-5-7-24(30)16-22)27(34)18-33(25-12-10-23(29)11-13-25)38(36,37)26-14-8-20(3)9-15-26/h5-16,19,21H,17-18H2,1-4H3,(H,31,35)/t21-/m1/s1. The maximum absolute atomic E-state index is 13.8. The summed E-state index contributed by atoms with van der Waals surface area (Å²) in [5, 5.41) is 3.32. The molecule has 0 heterocycles. The number of amides is 2. The number of nitrogens with one attached hydrogen (secondary N) is 1. The molecular weight excluding hydrogens is 590 g/mol. The molecule has 0 fully saturated rings. The first-order valence-electron chi connectivity index (χ1n) is 12.1. The number of hydrogen-bond donors (Lipinski definition) is 1. The smallest absolute Gasteiger partial charge is 0.264 e. The Hall–Kier alpha value is -2.88. The molecule has 0 unspecified atom stereocenters. The molecule has 7 nitrogen and oxygen atoms in total. The van der Waals surface area contributed by atoms with Gasteiger partial charge in [-0.25, -0.2) is 8.42 Å². The van der Waals surface area contributed by atoms with Crippen molar-refractivity contribution in [3.63, 3.8) is 0 Å². The number of hydrogen-bond acceptors (Lipinski definition) is 4. The molecule has 0 aromatic heterocycles. The second-order valence-corrected chi connectivity index (χ2v) is 12.5. The molecule has 0 aliphatic carbocycles. The Kier molecular flexibility index (Phi) is 9.98. The highest BCUT2D eigenvalue weighted by Gasteiger charge is 2.32. The number of rotatable bonds is 10. The summed E-state index contributed by atoms with van der Waals surface area (Å²) in [4.78, 5) is 28.2. The normalized spacial score (nSPS) is 12.2. The molecule has 202 valence electrons. The Morgan fingerprint density at radius 3 is 2.18 bits per heavy atom. The summed E-state index contributed by atoms with van der Waals surface area (Å²) in [6, 6.07) is 19.1. The van der Waals surface area contributed by atoms with Crippen LogP contribution in [0, 0.1) is 6.92 Å². The van der Waals surface area contributed by atoms with Gasteiger partial charge >= 0.3 is 0 Å². The van der Waals surface area contributed by atoms with Crippen LogP contribution in [0.3, 0.4) is 0 Å². The molecule has 0 saturated heterocycles. The van der Waals surface area contributed by atoms with Gasteiger partial charge in [0.25, 0.3) is 10.0 Å². The van der Waals surface area contributed by atoms with Crippen molar-refractivity contribution in [2.24, 2.45) is 0 Å². The maximum Gasteiger partial charge on any atom is 0.264 e. The molecular formula is C28H31BrClN3O4S. The predicted octanol–water partition coefficient (Wildman–Crippen LogP) is 5.55. The fourth-order valence-electron chi connectivity index (χ4n) is 3.79. The zero-order valence-electron chi connectivity index (χ0n) is 21.7. The molecule has 1 atom stereocenters. The molecule has 2 amide bonds. The van der Waals surface area contributed by atoms with Gasteiger partial charge in [0.2, 0.25) is 11.8 Å². The fourth-order valence-corrected chi connectivity index (χ4v) is 5.68. The Morgan fingerprint density at radius 1 is 0.974 bits per heavy atom. The molecule has 1 N–H and O–H groups in total. The van der Waals surface area contributed by atoms with Crippen LogP contribution in [-0.4, -0.2) is 43.8 Å². The van der Waals surface area contributed by atoms with E-state index in [1.165, 1.54) is 17.0 Å². The van der Waals surface area contributed by atoms with Crippen LogP contribution in [0.4, 0.5) is 5.69 Å². The van der Waals surface area contributed by atoms with Crippen LogP contribution in [0.25, 0.3) is 0 Å². The van der Waals surface area contributed by atoms with E-state index in [-0.39, 0.29) is 23.4 Å². The molecule has 0 spiro atoms. The van der Waals surface area contributed by atoms with E-state index in [0.29, 0.717) is 16.3 Å². The molecule has 0 saturated carbocycles. The molecule has 0 aliphatic rings. The molecule has 3 aromatic rings. The SMILES string of the molecule is Cc1ccc(S(=O)(=O)N(CC(=O)N(Cc2cccc(Cl)c2)[C@H](C)C(=O)NC(C)C)c2ccc(Br)cc2)cc1. The fraction of sp³-hybridized carbons (Fsp3) is 0.286. The number of carbonyl (C=O) groups excluding carboxylic acids is 2. The van der Waals surface area contributed by atoms with E-state index in [9.17, 15) is 18.0 Å². The Balaban J connectivity index is 2.02. The van der Waals surface area contributed by atoms with Gasteiger partial charge in [-0.3, -0.25) is 13.9 Å². The third kappa shape index (κ3) is 7.58. The van der Waals surface area contributed by atoms with Crippen LogP contribution in [0.1, 0.15) is 31.9 Å². The van der Waals surface area contributed by atoms with E-state index in [4.69, 9.17) is 11.6 Å². The number of sulfonamides is 1. The van der Waals surface area contributed by atoms with Crippen molar-refractivity contribution < 1.29 is 18.0 Å². The van der Waals surface area contributed by atoms with Crippen LogP contribution in [-0.2, 0) is 26.2 Å². The number of benzene rings is 3. The first-order chi connectivity index (χ1) is 17.9. The van der Waals surface area contributed by atoms with Gasteiger partial charge < -0.3 is 10.2 Å². The first kappa shape index (κ1) is 29.7. The topological polar surface area (TPSA) is 86.8 Å². The van der Waals surface area contributed by atoms with Crippen molar-refractivity contribution in [3.05, 3.63) is 93.4 Å². The summed E-state index contributed by atoms with van der Waals surface area (Å²) in [6.45, 7) is 6.72. The number of halogens is 2. The van der Waals surface area contributed by atoms with Crippen molar-refractivity contribution in [3.8, 4) is 0 Å². The second-order valence-electron chi connectivity index (χ2n) is 9.29. The zero-order valence-corrected chi connectivity index (χ0v) is 24.8. The summed E-state index contributed by atoms with van der Waals surface area (Å²) in [5.41, 5.74) is 1.95. The first-order valence-corrected chi connectivity index (χ1v) is 14.7. The third-order valence-corrected chi connectivity index (χ3v) is 8.39. The lowest BCUT2D eigenvalue weighted by atomic mass is 10.1. The number of anilines is 1. The number of nitrogens with zero attached hydrogens (tertiary/aromatic N) is 2. The van der Waals surface area contributed by atoms with Gasteiger partial charge in [-0.05, 0) is 81.8 Å². The van der Waals surface area contributed by atoms with E-state index in [2.05, 4.69) is 21.2 Å². The number of aryl methyl sites for hydroxylation is 1. The van der Waals surface area contributed by atoms with E-state index in [0.717, 1.165) is 14.3 Å². The summed E-state index contributed by atoms with van der Waals surface area (Å²) >= 11 is 9.53. The lowest BCUT2D eigenvalue weighted by molar-refractivity contribution is -0.139. The van der Waals surface area contributed by atoms with Gasteiger partial charge in [0.15, 0.2) is 0 Å². The lowest BCUT2D eigenvalue weighted by Crippen LogP contribution is -2.52. The predicted molar refractivity (Wildman–Crippen MR) is 155 cm³/mol. The Morgan fingerprint density at radius 2 is 1.61 bits per heavy atom. The van der Waals surface area contributed by atoms with Crippen molar-refractivity contribution in [2.45, 2.75) is 51.2 Å². The van der Waals surface area contributed by atoms with E-state index in [1.54, 1.807) is 67.6 Å². The highest BCUT2D eigenvalue weighted by Crippen LogP contribution is 2.26. The van der Waals surface area contributed by atoms with Gasteiger partial charge in [-0.15, -0.1) is 0 Å². The van der Waals surface area contributed by atoms with Crippen LogP contribution < -0.4 is 9.62 Å². The quantitative estimate of drug-likeness (QED) is 0.322. The van der Waals surface area contributed by atoms with Gasteiger partial charge in [-0.1, -0.05) is 57.4 Å². The average Bonchev–Trinajstić information content (AvgIpc) is 2.86. The molecule has 3 rings (SSSR count). The van der Waals surface area contributed by atoms with E-state index >= 15 is 0 Å². The molecule has 0 bridgehead atoms. The molecule has 0 aliphatic heterocycles. The molecule has 0 radical (unpaired) electrons. The summed E-state index contributed by atoms with van der Waals surface area (Å²) < 4.78 is 29.4. The summed E-state index contributed by atoms with van der Waals surface area (Å²) in [6.07, 6.45) is 0. The van der Waals surface area contributed by atoms with Crippen molar-refractivity contribution >= 4 is 55.1 Å². The van der Waals surface area contributed by atoms with E-state index in [1.807, 2.05) is 20.8 Å². The second kappa shape index (κ2) is 12.8. The lowest BCUT2D eigenvalue weighted by Gasteiger charge is -2.32. The summed E-state index contributed by atoms with van der Waals surface area (Å²) in [5.74, 6) is -0.873. The Bertz CT molecular complexity index is 1380. The zero-order chi connectivity index (χ0) is 28.0. The van der Waals surface area contributed by atoms with Crippen molar-refractivity contribution in [2.75, 3.05) is 10.8 Å². The van der Waals surface area contributed by atoms with E-state index < -0.39 is 28.5 Å². The van der Waals surface area contributed by atoms with Crippen molar-refractivity contribution in [1.82, 2.24) is 10.2 Å².